The van der Waals surface area contributed by atoms with E-state index in [9.17, 15) is 4.79 Å². The Hall–Kier alpha value is -3.15. The second-order valence-electron chi connectivity index (χ2n) is 5.22. The van der Waals surface area contributed by atoms with Crippen molar-refractivity contribution in [1.29, 1.82) is 0 Å². The minimum Gasteiger partial charge on any atom is -0.497 e. The lowest BCUT2D eigenvalue weighted by atomic mass is 10.1. The summed E-state index contributed by atoms with van der Waals surface area (Å²) < 4.78 is 26.4. The molecule has 0 spiro atoms. The highest BCUT2D eigenvalue weighted by Crippen LogP contribution is 2.36. The van der Waals surface area contributed by atoms with E-state index in [2.05, 4.69) is 0 Å². The van der Waals surface area contributed by atoms with Crippen LogP contribution in [0.25, 0.3) is 6.08 Å². The van der Waals surface area contributed by atoms with Crippen molar-refractivity contribution in [3.05, 3.63) is 47.5 Å². The largest absolute Gasteiger partial charge is 0.497 e. The molecule has 2 rings (SSSR count). The van der Waals surface area contributed by atoms with Crippen molar-refractivity contribution < 1.29 is 28.5 Å². The Kier molecular flexibility index (Phi) is 6.49. The van der Waals surface area contributed by atoms with Crippen LogP contribution in [-0.4, -0.2) is 41.3 Å². The van der Waals surface area contributed by atoms with Gasteiger partial charge in [-0.1, -0.05) is 0 Å². The molecule has 0 aliphatic heterocycles. The number of carbonyl (C=O) groups is 1. The predicted octanol–water partition coefficient (Wildman–Crippen LogP) is 3.63. The summed E-state index contributed by atoms with van der Waals surface area (Å²) in [5.74, 6) is 2.30. The van der Waals surface area contributed by atoms with Gasteiger partial charge in [-0.3, -0.25) is 4.79 Å². The van der Waals surface area contributed by atoms with Gasteiger partial charge in [-0.25, -0.2) is 0 Å². The monoisotopic (exact) mass is 358 g/mol. The molecule has 0 heterocycles. The normalized spacial score (nSPS) is 10.5. The van der Waals surface area contributed by atoms with E-state index in [-0.39, 0.29) is 5.78 Å². The quantitative estimate of drug-likeness (QED) is 0.530. The third-order valence-electron chi connectivity index (χ3n) is 3.80. The molecule has 6 heteroatoms. The third-order valence-corrected chi connectivity index (χ3v) is 3.80. The number of rotatable bonds is 8. The smallest absolute Gasteiger partial charge is 0.189 e. The van der Waals surface area contributed by atoms with Crippen LogP contribution in [-0.2, 0) is 0 Å². The van der Waals surface area contributed by atoms with Gasteiger partial charge in [0.2, 0.25) is 0 Å². The van der Waals surface area contributed by atoms with E-state index >= 15 is 0 Å². The summed E-state index contributed by atoms with van der Waals surface area (Å²) in [6, 6.07) is 8.61. The average Bonchev–Trinajstić information content (AvgIpc) is 2.70. The molecule has 0 N–H and O–H groups in total. The molecule has 6 nitrogen and oxygen atoms in total. The van der Waals surface area contributed by atoms with E-state index < -0.39 is 0 Å². The first-order chi connectivity index (χ1) is 12.6. The van der Waals surface area contributed by atoms with Crippen LogP contribution in [0.1, 0.15) is 15.9 Å². The number of hydrogen-bond acceptors (Lipinski definition) is 6. The SMILES string of the molecule is COc1ccc(OC)c(/C=C/C(=O)c2cc(OC)cc(OC)c2OC)c1. The fourth-order valence-electron chi connectivity index (χ4n) is 2.46. The summed E-state index contributed by atoms with van der Waals surface area (Å²) in [7, 11) is 7.65. The van der Waals surface area contributed by atoms with Gasteiger partial charge in [0.1, 0.15) is 17.2 Å². The van der Waals surface area contributed by atoms with Gasteiger partial charge in [-0.05, 0) is 36.4 Å². The van der Waals surface area contributed by atoms with E-state index in [1.807, 2.05) is 0 Å². The zero-order valence-corrected chi connectivity index (χ0v) is 15.5. The Balaban J connectivity index is 2.43. The van der Waals surface area contributed by atoms with E-state index in [1.54, 1.807) is 50.6 Å². The van der Waals surface area contributed by atoms with Crippen molar-refractivity contribution in [3.63, 3.8) is 0 Å². The second kappa shape index (κ2) is 8.80. The Morgan fingerprint density at radius 2 is 1.46 bits per heavy atom. The second-order valence-corrected chi connectivity index (χ2v) is 5.22. The number of hydrogen-bond donors (Lipinski definition) is 0. The van der Waals surface area contributed by atoms with Crippen LogP contribution in [0.3, 0.4) is 0 Å². The fraction of sp³-hybridized carbons (Fsp3) is 0.250. The van der Waals surface area contributed by atoms with E-state index in [1.165, 1.54) is 27.4 Å². The highest BCUT2D eigenvalue weighted by atomic mass is 16.5. The molecule has 0 amide bonds. The van der Waals surface area contributed by atoms with Gasteiger partial charge in [0.15, 0.2) is 17.3 Å². The van der Waals surface area contributed by atoms with E-state index in [4.69, 9.17) is 23.7 Å². The minimum atomic E-state index is -0.260. The number of allylic oxidation sites excluding steroid dienone is 1. The number of ketones is 1. The zero-order chi connectivity index (χ0) is 19.1. The molecular formula is C20H22O6. The van der Waals surface area contributed by atoms with Crippen molar-refractivity contribution in [2.24, 2.45) is 0 Å². The first kappa shape index (κ1) is 19.2. The number of carbonyl (C=O) groups excluding carboxylic acids is 1. The van der Waals surface area contributed by atoms with Gasteiger partial charge in [0.05, 0.1) is 41.1 Å². The Morgan fingerprint density at radius 1 is 0.769 bits per heavy atom. The maximum absolute atomic E-state index is 12.7. The number of benzene rings is 2. The summed E-state index contributed by atoms with van der Waals surface area (Å²) in [4.78, 5) is 12.7. The van der Waals surface area contributed by atoms with Crippen LogP contribution in [0.4, 0.5) is 0 Å². The zero-order valence-electron chi connectivity index (χ0n) is 15.5. The summed E-state index contributed by atoms with van der Waals surface area (Å²) in [5, 5.41) is 0. The van der Waals surface area contributed by atoms with Crippen molar-refractivity contribution in [1.82, 2.24) is 0 Å². The molecule has 0 aliphatic carbocycles. The van der Waals surface area contributed by atoms with Gasteiger partial charge in [-0.2, -0.15) is 0 Å². The Labute approximate surface area is 152 Å². The average molecular weight is 358 g/mol. The lowest BCUT2D eigenvalue weighted by Gasteiger charge is -2.13. The lowest BCUT2D eigenvalue weighted by Crippen LogP contribution is -2.02. The minimum absolute atomic E-state index is 0.260. The summed E-state index contributed by atoms with van der Waals surface area (Å²) in [6.07, 6.45) is 3.10. The molecule has 0 saturated heterocycles. The Morgan fingerprint density at radius 3 is 2.04 bits per heavy atom. The molecule has 2 aromatic rings. The molecule has 0 unspecified atom stereocenters. The van der Waals surface area contributed by atoms with Gasteiger partial charge >= 0.3 is 0 Å². The van der Waals surface area contributed by atoms with Crippen LogP contribution >= 0.6 is 0 Å². The summed E-state index contributed by atoms with van der Waals surface area (Å²) in [5.41, 5.74) is 1.05. The van der Waals surface area contributed by atoms with Gasteiger partial charge in [0.25, 0.3) is 0 Å². The first-order valence-corrected chi connectivity index (χ1v) is 7.82. The molecular weight excluding hydrogens is 336 g/mol. The molecule has 0 aromatic heterocycles. The van der Waals surface area contributed by atoms with Crippen LogP contribution in [0, 0.1) is 0 Å². The molecule has 0 aliphatic rings. The fourth-order valence-corrected chi connectivity index (χ4v) is 2.46. The standard InChI is InChI=1S/C20H22O6/c1-22-14-7-9-18(24-3)13(10-14)6-8-17(21)16-11-15(23-2)12-19(25-4)20(16)26-5/h6-12H,1-5H3/b8-6+. The summed E-state index contributed by atoms with van der Waals surface area (Å²) >= 11 is 0. The van der Waals surface area contributed by atoms with Crippen LogP contribution < -0.4 is 23.7 Å². The lowest BCUT2D eigenvalue weighted by molar-refractivity contribution is 0.104. The van der Waals surface area contributed by atoms with Gasteiger partial charge in [-0.15, -0.1) is 0 Å². The predicted molar refractivity (Wildman–Crippen MR) is 99.0 cm³/mol. The van der Waals surface area contributed by atoms with Gasteiger partial charge in [0, 0.05) is 11.6 Å². The van der Waals surface area contributed by atoms with Crippen molar-refractivity contribution in [2.75, 3.05) is 35.5 Å². The molecule has 2 aromatic carbocycles. The number of methoxy groups -OCH3 is 5. The first-order valence-electron chi connectivity index (χ1n) is 7.82. The molecule has 26 heavy (non-hydrogen) atoms. The Bertz CT molecular complexity index is 810. The molecule has 0 radical (unpaired) electrons. The van der Waals surface area contributed by atoms with Crippen LogP contribution in [0.2, 0.25) is 0 Å². The topological polar surface area (TPSA) is 63.2 Å². The molecule has 0 saturated carbocycles. The van der Waals surface area contributed by atoms with Gasteiger partial charge < -0.3 is 23.7 Å². The van der Waals surface area contributed by atoms with E-state index in [0.29, 0.717) is 39.9 Å². The molecule has 0 bridgehead atoms. The molecule has 138 valence electrons. The van der Waals surface area contributed by atoms with Crippen molar-refractivity contribution in [3.8, 4) is 28.7 Å². The maximum atomic E-state index is 12.7. The molecule has 0 fully saturated rings. The van der Waals surface area contributed by atoms with E-state index in [0.717, 1.165) is 0 Å². The number of ether oxygens (including phenoxy) is 5. The van der Waals surface area contributed by atoms with Crippen molar-refractivity contribution in [2.45, 2.75) is 0 Å². The maximum Gasteiger partial charge on any atom is 0.189 e. The summed E-state index contributed by atoms with van der Waals surface area (Å²) in [6.45, 7) is 0. The molecule has 0 atom stereocenters. The third kappa shape index (κ3) is 4.08. The van der Waals surface area contributed by atoms with Crippen molar-refractivity contribution >= 4 is 11.9 Å². The van der Waals surface area contributed by atoms with Crippen LogP contribution in [0.15, 0.2) is 36.4 Å². The van der Waals surface area contributed by atoms with Crippen LogP contribution in [0.5, 0.6) is 28.7 Å². The highest BCUT2D eigenvalue weighted by Gasteiger charge is 2.17. The highest BCUT2D eigenvalue weighted by molar-refractivity contribution is 6.09.